The average Bonchev–Trinajstić information content (AvgIpc) is 2.55. The lowest BCUT2D eigenvalue weighted by Gasteiger charge is -2.33. The summed E-state index contributed by atoms with van der Waals surface area (Å²) in [4.78, 5) is 12.7. The molecule has 1 aromatic rings. The first-order valence-electron chi connectivity index (χ1n) is 8.29. The molecule has 1 aromatic carbocycles. The third-order valence-electron chi connectivity index (χ3n) is 4.70. The first kappa shape index (κ1) is 18.9. The summed E-state index contributed by atoms with van der Waals surface area (Å²) >= 11 is 0. The van der Waals surface area contributed by atoms with Crippen LogP contribution in [0.1, 0.15) is 50.6 Å². The van der Waals surface area contributed by atoms with Gasteiger partial charge in [-0.15, -0.1) is 0 Å². The van der Waals surface area contributed by atoms with Crippen LogP contribution < -0.4 is 11.1 Å². The fraction of sp³-hybridized carbons (Fsp3) is 0.588. The molecule has 0 spiro atoms. The van der Waals surface area contributed by atoms with Crippen LogP contribution in [-0.2, 0) is 14.8 Å². The highest BCUT2D eigenvalue weighted by molar-refractivity contribution is 7.89. The van der Waals surface area contributed by atoms with Crippen molar-refractivity contribution in [1.82, 2.24) is 9.62 Å². The van der Waals surface area contributed by atoms with Crippen molar-refractivity contribution in [2.24, 2.45) is 5.73 Å². The number of rotatable bonds is 5. The lowest BCUT2D eigenvalue weighted by molar-refractivity contribution is -0.128. The molecule has 1 unspecified atom stereocenters. The molecule has 1 aliphatic rings. The van der Waals surface area contributed by atoms with Crippen molar-refractivity contribution in [3.63, 3.8) is 0 Å². The van der Waals surface area contributed by atoms with Gasteiger partial charge in [0, 0.05) is 14.1 Å². The number of hydrogen-bond donors (Lipinski definition) is 2. The highest BCUT2D eigenvalue weighted by atomic mass is 32.2. The van der Waals surface area contributed by atoms with Gasteiger partial charge in [0.15, 0.2) is 0 Å². The van der Waals surface area contributed by atoms with Crippen molar-refractivity contribution in [3.8, 4) is 0 Å². The van der Waals surface area contributed by atoms with E-state index in [9.17, 15) is 13.2 Å². The Labute approximate surface area is 144 Å². The molecule has 0 aliphatic heterocycles. The van der Waals surface area contributed by atoms with Gasteiger partial charge in [-0.05, 0) is 37.5 Å². The van der Waals surface area contributed by atoms with Gasteiger partial charge in [0.1, 0.15) is 0 Å². The van der Waals surface area contributed by atoms with Crippen LogP contribution in [0.5, 0.6) is 0 Å². The van der Waals surface area contributed by atoms with Crippen LogP contribution in [0, 0.1) is 0 Å². The lowest BCUT2D eigenvalue weighted by Crippen LogP contribution is -2.55. The fourth-order valence-electron chi connectivity index (χ4n) is 2.97. The van der Waals surface area contributed by atoms with E-state index in [2.05, 4.69) is 5.32 Å². The van der Waals surface area contributed by atoms with Gasteiger partial charge in [0.05, 0.1) is 16.5 Å². The number of carbonyl (C=O) groups excluding carboxylic acids is 1. The van der Waals surface area contributed by atoms with E-state index in [1.807, 2.05) is 6.92 Å². The molecule has 6 nitrogen and oxygen atoms in total. The van der Waals surface area contributed by atoms with Crippen LogP contribution in [0.2, 0.25) is 0 Å². The SMILES string of the molecule is CC(NC(=O)C1(N)CCCCC1)c1ccc(S(=O)(=O)N(C)C)cc1. The highest BCUT2D eigenvalue weighted by Gasteiger charge is 2.35. The molecule has 0 aromatic heterocycles. The van der Waals surface area contributed by atoms with Gasteiger partial charge in [-0.3, -0.25) is 4.79 Å². The number of nitrogens with two attached hydrogens (primary N) is 1. The Morgan fingerprint density at radius 3 is 2.21 bits per heavy atom. The monoisotopic (exact) mass is 353 g/mol. The third-order valence-corrected chi connectivity index (χ3v) is 6.53. The summed E-state index contributed by atoms with van der Waals surface area (Å²) in [6.07, 6.45) is 4.52. The average molecular weight is 353 g/mol. The first-order chi connectivity index (χ1) is 11.2. The standard InChI is InChI=1S/C17H27N3O3S/c1-13(19-16(21)17(18)11-5-4-6-12-17)14-7-9-15(10-8-14)24(22,23)20(2)3/h7-10,13H,4-6,11-12,18H2,1-3H3,(H,19,21). The molecule has 24 heavy (non-hydrogen) atoms. The Hall–Kier alpha value is -1.44. The molecule has 1 amide bonds. The number of nitrogens with zero attached hydrogens (tertiary/aromatic N) is 1. The Morgan fingerprint density at radius 1 is 1.17 bits per heavy atom. The summed E-state index contributed by atoms with van der Waals surface area (Å²) in [5.41, 5.74) is 6.32. The maximum atomic E-state index is 12.5. The van der Waals surface area contributed by atoms with Crippen LogP contribution in [0.25, 0.3) is 0 Å². The van der Waals surface area contributed by atoms with E-state index in [4.69, 9.17) is 5.73 Å². The number of hydrogen-bond acceptors (Lipinski definition) is 4. The second-order valence-electron chi connectivity index (χ2n) is 6.77. The molecule has 1 saturated carbocycles. The zero-order valence-electron chi connectivity index (χ0n) is 14.6. The van der Waals surface area contributed by atoms with E-state index in [1.54, 1.807) is 24.3 Å². The third kappa shape index (κ3) is 3.96. The number of sulfonamides is 1. The summed E-state index contributed by atoms with van der Waals surface area (Å²) in [5.74, 6) is -0.125. The van der Waals surface area contributed by atoms with E-state index in [0.29, 0.717) is 12.8 Å². The molecular weight excluding hydrogens is 326 g/mol. The maximum Gasteiger partial charge on any atom is 0.242 e. The van der Waals surface area contributed by atoms with Crippen molar-refractivity contribution in [1.29, 1.82) is 0 Å². The number of nitrogens with one attached hydrogen (secondary N) is 1. The first-order valence-corrected chi connectivity index (χ1v) is 9.73. The molecule has 134 valence electrons. The number of benzene rings is 1. The van der Waals surface area contributed by atoms with Gasteiger partial charge in [-0.2, -0.15) is 0 Å². The zero-order chi connectivity index (χ0) is 18.0. The van der Waals surface area contributed by atoms with Gasteiger partial charge in [-0.25, -0.2) is 12.7 Å². The van der Waals surface area contributed by atoms with Crippen LogP contribution in [-0.4, -0.2) is 38.3 Å². The minimum atomic E-state index is -3.44. The molecule has 1 fully saturated rings. The van der Waals surface area contributed by atoms with Gasteiger partial charge < -0.3 is 11.1 Å². The van der Waals surface area contributed by atoms with E-state index in [1.165, 1.54) is 18.4 Å². The van der Waals surface area contributed by atoms with Crippen molar-refractivity contribution in [3.05, 3.63) is 29.8 Å². The van der Waals surface area contributed by atoms with Gasteiger partial charge in [0.25, 0.3) is 0 Å². The Kier molecular flexibility index (Phi) is 5.67. The zero-order valence-corrected chi connectivity index (χ0v) is 15.4. The predicted octanol–water partition coefficient (Wildman–Crippen LogP) is 1.78. The van der Waals surface area contributed by atoms with Crippen molar-refractivity contribution in [2.75, 3.05) is 14.1 Å². The highest BCUT2D eigenvalue weighted by Crippen LogP contribution is 2.27. The molecule has 0 bridgehead atoms. The maximum absolute atomic E-state index is 12.5. The van der Waals surface area contributed by atoms with Gasteiger partial charge in [-0.1, -0.05) is 31.4 Å². The fourth-order valence-corrected chi connectivity index (χ4v) is 3.87. The molecule has 2 rings (SSSR count). The van der Waals surface area contributed by atoms with Crippen molar-refractivity contribution < 1.29 is 13.2 Å². The van der Waals surface area contributed by atoms with Crippen LogP contribution in [0.15, 0.2) is 29.2 Å². The van der Waals surface area contributed by atoms with Crippen LogP contribution in [0.3, 0.4) is 0 Å². The van der Waals surface area contributed by atoms with Gasteiger partial charge in [0.2, 0.25) is 15.9 Å². The minimum Gasteiger partial charge on any atom is -0.348 e. The second kappa shape index (κ2) is 7.21. The molecule has 0 radical (unpaired) electrons. The van der Waals surface area contributed by atoms with Crippen molar-refractivity contribution in [2.45, 2.75) is 55.5 Å². The molecule has 1 aliphatic carbocycles. The predicted molar refractivity (Wildman–Crippen MR) is 93.9 cm³/mol. The summed E-state index contributed by atoms with van der Waals surface area (Å²) < 4.78 is 25.3. The summed E-state index contributed by atoms with van der Waals surface area (Å²) in [6.45, 7) is 1.87. The quantitative estimate of drug-likeness (QED) is 0.844. The van der Waals surface area contributed by atoms with E-state index in [-0.39, 0.29) is 16.8 Å². The number of carbonyl (C=O) groups is 1. The van der Waals surface area contributed by atoms with E-state index >= 15 is 0 Å². The normalized spacial score (nSPS) is 19.0. The smallest absolute Gasteiger partial charge is 0.242 e. The number of amides is 1. The molecule has 3 N–H and O–H groups in total. The Balaban J connectivity index is 2.08. The largest absolute Gasteiger partial charge is 0.348 e. The van der Waals surface area contributed by atoms with E-state index < -0.39 is 15.6 Å². The second-order valence-corrected chi connectivity index (χ2v) is 8.92. The molecule has 0 heterocycles. The summed E-state index contributed by atoms with van der Waals surface area (Å²) in [6, 6.07) is 6.35. The Morgan fingerprint density at radius 2 is 1.71 bits per heavy atom. The molecule has 0 saturated heterocycles. The molecule has 1 atom stereocenters. The van der Waals surface area contributed by atoms with E-state index in [0.717, 1.165) is 24.8 Å². The van der Waals surface area contributed by atoms with Crippen LogP contribution in [0.4, 0.5) is 0 Å². The lowest BCUT2D eigenvalue weighted by atomic mass is 9.81. The summed E-state index contributed by atoms with van der Waals surface area (Å²) in [7, 11) is -0.449. The minimum absolute atomic E-state index is 0.125. The topological polar surface area (TPSA) is 92.5 Å². The van der Waals surface area contributed by atoms with Gasteiger partial charge >= 0.3 is 0 Å². The summed E-state index contributed by atoms with van der Waals surface area (Å²) in [5, 5.41) is 2.96. The molecule has 7 heteroatoms. The van der Waals surface area contributed by atoms with Crippen molar-refractivity contribution >= 4 is 15.9 Å². The Bertz CT molecular complexity index is 678. The van der Waals surface area contributed by atoms with Crippen LogP contribution >= 0.6 is 0 Å². The molecular formula is C17H27N3O3S.